The van der Waals surface area contributed by atoms with Gasteiger partial charge in [-0.15, -0.1) is 0 Å². The number of benzene rings is 2. The minimum Gasteiger partial charge on any atom is -0.495 e. The van der Waals surface area contributed by atoms with Crippen LogP contribution >= 0.6 is 22.9 Å². The molecule has 41 heavy (non-hydrogen) atoms. The fraction of sp³-hybridized carbons (Fsp3) is 0.226. The first-order valence-corrected chi connectivity index (χ1v) is 14.1. The molecule has 0 aliphatic rings. The molecule has 4 rings (SSSR count). The first-order chi connectivity index (χ1) is 19.7. The van der Waals surface area contributed by atoms with E-state index in [4.69, 9.17) is 21.1 Å². The number of hydrogen-bond acceptors (Lipinski definition) is 7. The smallest absolute Gasteiger partial charge is 0.337 e. The molecule has 1 N–H and O–H groups in total. The van der Waals surface area contributed by atoms with Crippen LogP contribution in [0.5, 0.6) is 5.75 Å². The predicted molar refractivity (Wildman–Crippen MR) is 163 cm³/mol. The highest BCUT2D eigenvalue weighted by molar-refractivity contribution is 7.07. The van der Waals surface area contributed by atoms with Crippen molar-refractivity contribution >= 4 is 46.3 Å². The van der Waals surface area contributed by atoms with Gasteiger partial charge >= 0.3 is 5.97 Å². The number of Topliss-reactive ketones (excluding diaryl/α,β-unsaturated/α-hetero) is 1. The number of ketones is 1. The predicted octanol–water partition coefficient (Wildman–Crippen LogP) is 6.68. The highest BCUT2D eigenvalue weighted by Gasteiger charge is 2.25. The van der Waals surface area contributed by atoms with E-state index < -0.39 is 23.5 Å². The molecular formula is C31H31ClN2O6S. The molecule has 0 bridgehead atoms. The molecule has 0 radical (unpaired) electrons. The van der Waals surface area contributed by atoms with Gasteiger partial charge in [0, 0.05) is 34.3 Å². The third-order valence-corrected chi connectivity index (χ3v) is 7.10. The Morgan fingerprint density at radius 3 is 2.29 bits per heavy atom. The summed E-state index contributed by atoms with van der Waals surface area (Å²) in [4.78, 5) is 51.1. The van der Waals surface area contributed by atoms with E-state index in [1.54, 1.807) is 30.3 Å². The summed E-state index contributed by atoms with van der Waals surface area (Å²) in [5.41, 5.74) is 2.44. The van der Waals surface area contributed by atoms with Crippen molar-refractivity contribution in [2.24, 2.45) is 0 Å². The van der Waals surface area contributed by atoms with E-state index in [2.05, 4.69) is 5.32 Å². The maximum absolute atomic E-state index is 13.5. The lowest BCUT2D eigenvalue weighted by Gasteiger charge is -2.21. The van der Waals surface area contributed by atoms with Crippen LogP contribution in [0.2, 0.25) is 5.02 Å². The molecule has 0 saturated heterocycles. The molecule has 0 aliphatic heterocycles. The summed E-state index contributed by atoms with van der Waals surface area (Å²) in [6.07, 6.45) is 1.72. The summed E-state index contributed by atoms with van der Waals surface area (Å²) >= 11 is 7.69. The van der Waals surface area contributed by atoms with Gasteiger partial charge in [-0.1, -0.05) is 25.4 Å². The Morgan fingerprint density at radius 2 is 1.71 bits per heavy atom. The van der Waals surface area contributed by atoms with Crippen LogP contribution in [0.15, 0.2) is 76.3 Å². The fourth-order valence-electron chi connectivity index (χ4n) is 4.17. The Labute approximate surface area is 247 Å². The lowest BCUT2D eigenvalue weighted by atomic mass is 9.97. The number of halogens is 1. The molecule has 214 valence electrons. The number of ether oxygens (including phenoxy) is 2. The van der Waals surface area contributed by atoms with E-state index in [-0.39, 0.29) is 12.2 Å². The van der Waals surface area contributed by atoms with Crippen LogP contribution in [0, 0.1) is 0 Å². The Morgan fingerprint density at radius 1 is 1.00 bits per heavy atom. The molecule has 0 spiro atoms. The van der Waals surface area contributed by atoms with Crippen LogP contribution in [0.1, 0.15) is 53.1 Å². The quantitative estimate of drug-likeness (QED) is 0.171. The van der Waals surface area contributed by atoms with Crippen LogP contribution in [0.3, 0.4) is 0 Å². The molecule has 1 amide bonds. The summed E-state index contributed by atoms with van der Waals surface area (Å²) in [6.45, 7) is 5.43. The second kappa shape index (κ2) is 14.4. The second-order valence-electron chi connectivity index (χ2n) is 8.66. The molecule has 2 heterocycles. The SMILES string of the molecule is CC.COC(=O)c1ccc(NC(=O)C(Cc2ccsc2)n2cc(OC)c(-c3cc(Cl)ccc3C(C)=O)cc2=O)cc1. The number of methoxy groups -OCH3 is 2. The van der Waals surface area contributed by atoms with Gasteiger partial charge in [0.2, 0.25) is 5.91 Å². The minimum atomic E-state index is -0.929. The van der Waals surface area contributed by atoms with E-state index in [9.17, 15) is 19.2 Å². The summed E-state index contributed by atoms with van der Waals surface area (Å²) in [7, 11) is 2.74. The van der Waals surface area contributed by atoms with Gasteiger partial charge in [0.25, 0.3) is 5.56 Å². The number of thiophene rings is 1. The lowest BCUT2D eigenvalue weighted by molar-refractivity contribution is -0.119. The standard InChI is InChI=1S/C29H25ClN2O6S.C2H6/c1-17(33)22-9-6-20(30)13-23(22)24-14-27(34)32(15-26(24)37-2)25(12-18-10-11-39-16-18)28(35)31-21-7-4-19(5-8-21)29(36)38-3;1-2/h4-11,13-16,25H,12H2,1-3H3,(H,31,35);1-2H3. The van der Waals surface area contributed by atoms with E-state index in [1.807, 2.05) is 30.7 Å². The number of anilines is 1. The molecule has 2 aromatic carbocycles. The number of esters is 1. The zero-order chi connectivity index (χ0) is 30.1. The Bertz CT molecular complexity index is 1580. The average Bonchev–Trinajstić information content (AvgIpc) is 3.50. The number of carbonyl (C=O) groups excluding carboxylic acids is 3. The largest absolute Gasteiger partial charge is 0.495 e. The molecule has 0 saturated carbocycles. The maximum Gasteiger partial charge on any atom is 0.337 e. The van der Waals surface area contributed by atoms with Crippen molar-refractivity contribution in [3.05, 3.63) is 104 Å². The van der Waals surface area contributed by atoms with Gasteiger partial charge in [-0.2, -0.15) is 11.3 Å². The number of nitrogens with one attached hydrogen (secondary N) is 1. The molecule has 8 nitrogen and oxygen atoms in total. The lowest BCUT2D eigenvalue weighted by Crippen LogP contribution is -2.34. The highest BCUT2D eigenvalue weighted by atomic mass is 35.5. The Hall–Kier alpha value is -4.21. The van der Waals surface area contributed by atoms with Gasteiger partial charge in [-0.25, -0.2) is 4.79 Å². The number of pyridine rings is 1. The maximum atomic E-state index is 13.5. The van der Waals surface area contributed by atoms with Crippen molar-refractivity contribution in [3.63, 3.8) is 0 Å². The van der Waals surface area contributed by atoms with Gasteiger partial charge in [0.15, 0.2) is 5.78 Å². The van der Waals surface area contributed by atoms with Crippen LogP contribution in [-0.4, -0.2) is 36.4 Å². The fourth-order valence-corrected chi connectivity index (χ4v) is 5.03. The third kappa shape index (κ3) is 7.50. The van der Waals surface area contributed by atoms with Crippen LogP contribution < -0.4 is 15.6 Å². The average molecular weight is 595 g/mol. The molecule has 1 atom stereocenters. The van der Waals surface area contributed by atoms with Crippen molar-refractivity contribution in [3.8, 4) is 16.9 Å². The van der Waals surface area contributed by atoms with Crippen molar-refractivity contribution in [2.45, 2.75) is 33.2 Å². The molecule has 0 aliphatic carbocycles. The second-order valence-corrected chi connectivity index (χ2v) is 9.87. The summed E-state index contributed by atoms with van der Waals surface area (Å²) in [5.74, 6) is -0.823. The first-order valence-electron chi connectivity index (χ1n) is 12.8. The van der Waals surface area contributed by atoms with E-state index in [1.165, 1.54) is 61.4 Å². The van der Waals surface area contributed by atoms with Gasteiger partial charge in [-0.05, 0) is 77.3 Å². The minimum absolute atomic E-state index is 0.194. The van der Waals surface area contributed by atoms with Crippen molar-refractivity contribution in [1.82, 2.24) is 4.57 Å². The van der Waals surface area contributed by atoms with Crippen LogP contribution in [0.25, 0.3) is 11.1 Å². The summed E-state index contributed by atoms with van der Waals surface area (Å²) < 4.78 is 11.6. The van der Waals surface area contributed by atoms with Gasteiger partial charge in [0.1, 0.15) is 11.8 Å². The number of nitrogens with zero attached hydrogens (tertiary/aromatic N) is 1. The van der Waals surface area contributed by atoms with E-state index in [0.29, 0.717) is 38.7 Å². The van der Waals surface area contributed by atoms with Crippen molar-refractivity contribution < 1.29 is 23.9 Å². The Balaban J connectivity index is 0.00000226. The number of carbonyl (C=O) groups is 3. The van der Waals surface area contributed by atoms with Crippen molar-refractivity contribution in [2.75, 3.05) is 19.5 Å². The van der Waals surface area contributed by atoms with E-state index in [0.717, 1.165) is 5.56 Å². The zero-order valence-corrected chi connectivity index (χ0v) is 25.0. The number of hydrogen-bond donors (Lipinski definition) is 1. The summed E-state index contributed by atoms with van der Waals surface area (Å²) in [6, 6.07) is 13.4. The van der Waals surface area contributed by atoms with Crippen molar-refractivity contribution in [1.29, 1.82) is 0 Å². The monoisotopic (exact) mass is 594 g/mol. The number of aromatic nitrogens is 1. The highest BCUT2D eigenvalue weighted by Crippen LogP contribution is 2.34. The number of rotatable bonds is 9. The van der Waals surface area contributed by atoms with Gasteiger partial charge in [0.05, 0.1) is 26.0 Å². The molecule has 1 unspecified atom stereocenters. The van der Waals surface area contributed by atoms with Crippen LogP contribution in [0.4, 0.5) is 5.69 Å². The molecule has 0 fully saturated rings. The van der Waals surface area contributed by atoms with Gasteiger partial charge in [-0.3, -0.25) is 19.0 Å². The number of amides is 1. The summed E-state index contributed by atoms with van der Waals surface area (Å²) in [5, 5.41) is 7.03. The molecule has 4 aromatic rings. The zero-order valence-electron chi connectivity index (χ0n) is 23.4. The molecule has 2 aromatic heterocycles. The Kier molecular flexibility index (Phi) is 11.0. The van der Waals surface area contributed by atoms with E-state index >= 15 is 0 Å². The normalized spacial score (nSPS) is 11.1. The first kappa shape index (κ1) is 31.3. The van der Waals surface area contributed by atoms with Gasteiger partial charge < -0.3 is 14.8 Å². The third-order valence-electron chi connectivity index (χ3n) is 6.14. The molecule has 10 heteroatoms. The van der Waals surface area contributed by atoms with Crippen LogP contribution in [-0.2, 0) is 16.0 Å². The topological polar surface area (TPSA) is 104 Å². The molecular weight excluding hydrogens is 564 g/mol.